The van der Waals surface area contributed by atoms with Gasteiger partial charge in [-0.15, -0.1) is 0 Å². The molecule has 0 unspecified atom stereocenters. The van der Waals surface area contributed by atoms with Gasteiger partial charge in [0, 0.05) is 28.8 Å². The molecule has 0 aliphatic carbocycles. The van der Waals surface area contributed by atoms with Gasteiger partial charge >= 0.3 is 5.63 Å². The second-order valence-electron chi connectivity index (χ2n) is 5.23. The molecular weight excluding hydrogens is 346 g/mol. The van der Waals surface area contributed by atoms with Gasteiger partial charge in [-0.25, -0.2) is 14.8 Å². The minimum absolute atomic E-state index is 0.00267. The molecule has 0 aliphatic heterocycles. The molecule has 130 valence electrons. The van der Waals surface area contributed by atoms with Gasteiger partial charge in [0.05, 0.1) is 19.2 Å². The van der Waals surface area contributed by atoms with Crippen molar-refractivity contribution in [1.29, 1.82) is 0 Å². The zero-order chi connectivity index (χ0) is 18.1. The summed E-state index contributed by atoms with van der Waals surface area (Å²) in [6.45, 7) is 1.95. The number of benzene rings is 1. The third kappa shape index (κ3) is 2.87. The van der Waals surface area contributed by atoms with Crippen LogP contribution in [0.2, 0.25) is 5.02 Å². The summed E-state index contributed by atoms with van der Waals surface area (Å²) >= 11 is 6.49. The molecule has 0 fully saturated rings. The maximum atomic E-state index is 12.3. The van der Waals surface area contributed by atoms with Crippen LogP contribution in [0.1, 0.15) is 12.5 Å². The predicted molar refractivity (Wildman–Crippen MR) is 95.4 cm³/mol. The fourth-order valence-electron chi connectivity index (χ4n) is 2.70. The van der Waals surface area contributed by atoms with Crippen molar-refractivity contribution in [3.05, 3.63) is 39.3 Å². The van der Waals surface area contributed by atoms with E-state index in [1.54, 1.807) is 19.2 Å². The average Bonchev–Trinajstić information content (AvgIpc) is 2.61. The molecule has 2 aromatic heterocycles. The molecule has 0 saturated carbocycles. The first-order chi connectivity index (χ1) is 12.0. The quantitative estimate of drug-likeness (QED) is 0.762. The fourth-order valence-corrected chi connectivity index (χ4v) is 3.04. The Bertz CT molecular complexity index is 1020. The van der Waals surface area contributed by atoms with Crippen LogP contribution in [-0.2, 0) is 6.42 Å². The van der Waals surface area contributed by atoms with Crippen molar-refractivity contribution in [2.45, 2.75) is 13.3 Å². The van der Waals surface area contributed by atoms with Crippen molar-refractivity contribution in [3.63, 3.8) is 0 Å². The van der Waals surface area contributed by atoms with Crippen molar-refractivity contribution in [2.24, 2.45) is 0 Å². The van der Waals surface area contributed by atoms with Gasteiger partial charge in [0.1, 0.15) is 17.3 Å². The van der Waals surface area contributed by atoms with Crippen LogP contribution in [0.4, 0.5) is 5.95 Å². The molecule has 2 heterocycles. The van der Waals surface area contributed by atoms with Crippen LogP contribution in [0, 0.1) is 0 Å². The lowest BCUT2D eigenvalue weighted by atomic mass is 10.00. The minimum atomic E-state index is -0.624. The monoisotopic (exact) mass is 361 g/mol. The molecule has 3 rings (SSSR count). The second kappa shape index (κ2) is 6.60. The van der Waals surface area contributed by atoms with E-state index in [1.165, 1.54) is 13.3 Å². The number of rotatable bonds is 4. The van der Waals surface area contributed by atoms with Crippen molar-refractivity contribution in [3.8, 4) is 22.8 Å². The number of nitrogens with two attached hydrogens (primary N) is 1. The van der Waals surface area contributed by atoms with Crippen LogP contribution in [-0.4, -0.2) is 24.2 Å². The smallest absolute Gasteiger partial charge is 0.363 e. The normalized spacial score (nSPS) is 10.9. The van der Waals surface area contributed by atoms with Gasteiger partial charge in [0.2, 0.25) is 5.95 Å². The Morgan fingerprint density at radius 1 is 1.24 bits per heavy atom. The Balaban J connectivity index is 2.37. The van der Waals surface area contributed by atoms with Crippen LogP contribution < -0.4 is 20.8 Å². The molecule has 0 amide bonds. The predicted octanol–water partition coefficient (Wildman–Crippen LogP) is 3.07. The highest BCUT2D eigenvalue weighted by Crippen LogP contribution is 2.43. The third-order valence-corrected chi connectivity index (χ3v) is 4.23. The largest absolute Gasteiger partial charge is 0.496 e. The molecule has 8 heteroatoms. The number of halogens is 1. The lowest BCUT2D eigenvalue weighted by Gasteiger charge is -2.16. The van der Waals surface area contributed by atoms with E-state index in [9.17, 15) is 4.79 Å². The first-order valence-corrected chi connectivity index (χ1v) is 7.88. The summed E-state index contributed by atoms with van der Waals surface area (Å²) in [5, 5.41) is 0.833. The van der Waals surface area contributed by atoms with Crippen LogP contribution in [0.3, 0.4) is 0 Å². The number of hydrogen-bond acceptors (Lipinski definition) is 7. The van der Waals surface area contributed by atoms with E-state index in [4.69, 9.17) is 31.2 Å². The summed E-state index contributed by atoms with van der Waals surface area (Å²) in [5.41, 5.74) is 6.35. The standard InChI is InChI=1S/C17H16ClN3O4/c1-4-9-10(23-2)6-12(24-3)14(18)13(9)11-5-8-7-20-17(19)21-15(8)16(22)25-11/h5-7H,4H2,1-3H3,(H2,19,20,21). The summed E-state index contributed by atoms with van der Waals surface area (Å²) in [5.74, 6) is 1.30. The van der Waals surface area contributed by atoms with E-state index >= 15 is 0 Å². The van der Waals surface area contributed by atoms with Crippen molar-refractivity contribution < 1.29 is 13.9 Å². The van der Waals surface area contributed by atoms with Crippen LogP contribution in [0.25, 0.3) is 22.2 Å². The van der Waals surface area contributed by atoms with Crippen molar-refractivity contribution in [2.75, 3.05) is 20.0 Å². The van der Waals surface area contributed by atoms with Crippen LogP contribution >= 0.6 is 11.6 Å². The molecule has 0 atom stereocenters. The van der Waals surface area contributed by atoms with Gasteiger partial charge in [-0.05, 0) is 12.5 Å². The maximum Gasteiger partial charge on any atom is 0.363 e. The number of aromatic nitrogens is 2. The van der Waals surface area contributed by atoms with E-state index in [0.29, 0.717) is 33.9 Å². The van der Waals surface area contributed by atoms with Gasteiger partial charge in [-0.2, -0.15) is 0 Å². The molecule has 3 aromatic rings. The number of nitrogen functional groups attached to an aromatic ring is 1. The molecule has 1 aromatic carbocycles. The molecule has 0 radical (unpaired) electrons. The van der Waals surface area contributed by atoms with Crippen molar-refractivity contribution in [1.82, 2.24) is 9.97 Å². The lowest BCUT2D eigenvalue weighted by Crippen LogP contribution is -2.07. The van der Waals surface area contributed by atoms with Gasteiger partial charge < -0.3 is 19.6 Å². The fraction of sp³-hybridized carbons (Fsp3) is 0.235. The maximum absolute atomic E-state index is 12.3. The Kier molecular flexibility index (Phi) is 4.50. The third-order valence-electron chi connectivity index (χ3n) is 3.86. The van der Waals surface area contributed by atoms with Gasteiger partial charge in [-0.1, -0.05) is 18.5 Å². The first kappa shape index (κ1) is 17.0. The minimum Gasteiger partial charge on any atom is -0.496 e. The number of hydrogen-bond donors (Lipinski definition) is 1. The topological polar surface area (TPSA) is 100 Å². The van der Waals surface area contributed by atoms with E-state index in [1.807, 2.05) is 6.92 Å². The number of ether oxygens (including phenoxy) is 2. The highest BCUT2D eigenvalue weighted by Gasteiger charge is 2.21. The molecule has 0 spiro atoms. The molecule has 0 aliphatic rings. The molecular formula is C17H16ClN3O4. The van der Waals surface area contributed by atoms with E-state index in [-0.39, 0.29) is 17.2 Å². The molecule has 0 saturated heterocycles. The molecule has 7 nitrogen and oxygen atoms in total. The lowest BCUT2D eigenvalue weighted by molar-refractivity contribution is 0.391. The number of methoxy groups -OCH3 is 2. The first-order valence-electron chi connectivity index (χ1n) is 7.50. The molecule has 0 bridgehead atoms. The van der Waals surface area contributed by atoms with Gasteiger partial charge in [0.25, 0.3) is 0 Å². The Hall–Kier alpha value is -2.80. The number of anilines is 1. The van der Waals surface area contributed by atoms with Gasteiger partial charge in [-0.3, -0.25) is 0 Å². The van der Waals surface area contributed by atoms with E-state index in [2.05, 4.69) is 9.97 Å². The van der Waals surface area contributed by atoms with Crippen LogP contribution in [0.15, 0.2) is 27.5 Å². The summed E-state index contributed by atoms with van der Waals surface area (Å²) in [6.07, 6.45) is 2.08. The molecule has 2 N–H and O–H groups in total. The second-order valence-corrected chi connectivity index (χ2v) is 5.61. The summed E-state index contributed by atoms with van der Waals surface area (Å²) in [4.78, 5) is 20.2. The summed E-state index contributed by atoms with van der Waals surface area (Å²) in [6, 6.07) is 3.35. The van der Waals surface area contributed by atoms with Gasteiger partial charge in [0.15, 0.2) is 5.52 Å². The number of nitrogens with zero attached hydrogens (tertiary/aromatic N) is 2. The highest BCUT2D eigenvalue weighted by molar-refractivity contribution is 6.35. The zero-order valence-corrected chi connectivity index (χ0v) is 14.7. The summed E-state index contributed by atoms with van der Waals surface area (Å²) in [7, 11) is 3.06. The summed E-state index contributed by atoms with van der Waals surface area (Å²) < 4.78 is 16.2. The van der Waals surface area contributed by atoms with E-state index in [0.717, 1.165) is 5.56 Å². The SMILES string of the molecule is CCc1c(OC)cc(OC)c(Cl)c1-c1cc2cnc(N)nc2c(=O)o1. The highest BCUT2D eigenvalue weighted by atomic mass is 35.5. The average molecular weight is 362 g/mol. The Labute approximate surface area is 148 Å². The van der Waals surface area contributed by atoms with Crippen molar-refractivity contribution >= 4 is 28.5 Å². The Morgan fingerprint density at radius 3 is 2.60 bits per heavy atom. The molecule has 25 heavy (non-hydrogen) atoms. The van der Waals surface area contributed by atoms with Crippen LogP contribution in [0.5, 0.6) is 11.5 Å². The zero-order valence-electron chi connectivity index (χ0n) is 13.9. The van der Waals surface area contributed by atoms with E-state index < -0.39 is 5.63 Å². The number of fused-ring (bicyclic) bond motifs is 1. The Morgan fingerprint density at radius 2 is 1.96 bits per heavy atom.